The van der Waals surface area contributed by atoms with Gasteiger partial charge in [0.1, 0.15) is 29.7 Å². The second-order valence-electron chi connectivity index (χ2n) is 19.7. The molecule has 0 saturated heterocycles. The molecule has 0 unspecified atom stereocenters. The zero-order chi connectivity index (χ0) is 61.0. The summed E-state index contributed by atoms with van der Waals surface area (Å²) in [7, 11) is 0. The van der Waals surface area contributed by atoms with Crippen LogP contribution in [0.1, 0.15) is 76.6 Å². The fourth-order valence-electron chi connectivity index (χ4n) is 8.07. The van der Waals surface area contributed by atoms with Gasteiger partial charge in [-0.3, -0.25) is 43.3 Å². The van der Waals surface area contributed by atoms with Gasteiger partial charge in [-0.15, -0.1) is 0 Å². The lowest BCUT2D eigenvalue weighted by atomic mass is 9.82. The van der Waals surface area contributed by atoms with Gasteiger partial charge in [-0.2, -0.15) is 24.9 Å². The fourth-order valence-corrected chi connectivity index (χ4v) is 9.07. The summed E-state index contributed by atoms with van der Waals surface area (Å²) in [6, 6.07) is 12.7. The van der Waals surface area contributed by atoms with Crippen molar-refractivity contribution in [3.63, 3.8) is 0 Å². The summed E-state index contributed by atoms with van der Waals surface area (Å²) >= 11 is 1.08. The molecule has 1 aliphatic heterocycles. The molecule has 27 heteroatoms. The highest BCUT2D eigenvalue weighted by Gasteiger charge is 2.39. The zero-order valence-corrected chi connectivity index (χ0v) is 46.6. The number of carboxylic acid groups (broad SMARTS) is 2. The van der Waals surface area contributed by atoms with Crippen molar-refractivity contribution in [2.45, 2.75) is 84.1 Å². The van der Waals surface area contributed by atoms with Crippen molar-refractivity contribution in [3.8, 4) is 11.1 Å². The number of carbonyl (C=O) groups excluding carboxylic acids is 7. The number of aliphatic carboxylic acids is 2. The largest absolute Gasteiger partial charge is 0.490 e. The maximum Gasteiger partial charge on any atom is 0.490 e. The molecule has 82 heavy (non-hydrogen) atoms. The number of imide groups is 1. The van der Waals surface area contributed by atoms with E-state index in [1.54, 1.807) is 17.2 Å². The van der Waals surface area contributed by atoms with Crippen LogP contribution >= 0.6 is 11.8 Å². The van der Waals surface area contributed by atoms with Crippen LogP contribution in [-0.2, 0) is 68.6 Å². The summed E-state index contributed by atoms with van der Waals surface area (Å²) in [5, 5.41) is 19.8. The molecule has 452 valence electrons. The van der Waals surface area contributed by atoms with Gasteiger partial charge in [0.2, 0.25) is 17.7 Å². The first-order chi connectivity index (χ1) is 38.7. The summed E-state index contributed by atoms with van der Waals surface area (Å²) in [4.78, 5) is 110. The van der Waals surface area contributed by atoms with Crippen LogP contribution in [0.2, 0.25) is 0 Å². The minimum atomic E-state index is -5.08. The standard InChI is InChI=1S/C53H70F2N6O13S.C2HF3O2/c1-53(2,3)51(44-28-37(41-29-39(54)12-13-42(41)55)32-59(44)31-36-9-5-4-6-10-36)60(18-8-7-11-45(63)43(56)30-46(57)64)50(68)35-75-34-38(52(69)70)27-40(62)16-19-71-21-23-73-25-26-74-24-22-72-20-17-58-47(65)33-61-48(66)14-15-49(61)67;3-2(4,5)1(6)7/h4-6,9-10,12-15,28-29,32,38,43,51H,7-8,11,16-27,30-31,33-35,56H2,1-3H3,(H2,57,64)(H,58,65)(H,69,70);(H,6,7)/t38-,43-,51-;/m0./s1. The molecular formula is C55H71F5N6O15S. The van der Waals surface area contributed by atoms with E-state index in [4.69, 9.17) is 40.3 Å². The van der Waals surface area contributed by atoms with Gasteiger partial charge in [0.15, 0.2) is 0 Å². The number of amides is 5. The zero-order valence-electron chi connectivity index (χ0n) is 45.8. The van der Waals surface area contributed by atoms with Crippen LogP contribution in [0.3, 0.4) is 0 Å². The fraction of sp³-hybridized carbons (Fsp3) is 0.509. The van der Waals surface area contributed by atoms with E-state index in [-0.39, 0.29) is 133 Å². The van der Waals surface area contributed by atoms with Crippen molar-refractivity contribution < 1.29 is 94.3 Å². The Bertz CT molecular complexity index is 2630. The summed E-state index contributed by atoms with van der Waals surface area (Å²) in [6.45, 7) is 7.90. The number of ether oxygens (including phenoxy) is 4. The Balaban J connectivity index is 0.00000236. The van der Waals surface area contributed by atoms with Gasteiger partial charge in [-0.1, -0.05) is 51.1 Å². The number of carbonyl (C=O) groups is 9. The molecule has 0 radical (unpaired) electrons. The number of rotatable bonds is 37. The number of aromatic nitrogens is 1. The van der Waals surface area contributed by atoms with E-state index in [0.717, 1.165) is 52.6 Å². The molecule has 21 nitrogen and oxygen atoms in total. The van der Waals surface area contributed by atoms with Gasteiger partial charge < -0.3 is 55.4 Å². The molecule has 0 fully saturated rings. The first-order valence-electron chi connectivity index (χ1n) is 26.0. The van der Waals surface area contributed by atoms with Crippen LogP contribution in [0.5, 0.6) is 0 Å². The molecule has 0 spiro atoms. The SMILES string of the molecule is CC(C)(C)[C@H](c1cc(-c2cc(F)ccc2F)cn1Cc1ccccc1)N(CCCCC(=O)[C@@H](N)CC(N)=O)C(=O)CSC[C@H](CC(=O)CCOCCOCCOCCOCCNC(=O)CN1C(=O)C=CC1=O)C(=O)O.O=C(O)C(F)(F)F. The number of unbranched alkanes of at least 4 members (excludes halogenated alkanes) is 1. The van der Waals surface area contributed by atoms with Crippen molar-refractivity contribution in [1.29, 1.82) is 0 Å². The number of benzene rings is 2. The number of hydrogen-bond acceptors (Lipinski definition) is 15. The summed E-state index contributed by atoms with van der Waals surface area (Å²) in [5.41, 5.74) is 12.4. The summed E-state index contributed by atoms with van der Waals surface area (Å²) in [5.74, 6) is -9.79. The lowest BCUT2D eigenvalue weighted by Gasteiger charge is -2.41. The lowest BCUT2D eigenvalue weighted by molar-refractivity contribution is -0.192. The average Bonchev–Trinajstić information content (AvgIpc) is 4.19. The molecule has 5 amide bonds. The van der Waals surface area contributed by atoms with E-state index in [1.807, 2.05) is 55.7 Å². The number of nitrogens with zero attached hydrogens (tertiary/aromatic N) is 3. The van der Waals surface area contributed by atoms with E-state index in [2.05, 4.69) is 5.32 Å². The molecule has 3 atom stereocenters. The Morgan fingerprint density at radius 1 is 0.780 bits per heavy atom. The third-order valence-corrected chi connectivity index (χ3v) is 13.1. The highest BCUT2D eigenvalue weighted by atomic mass is 32.2. The summed E-state index contributed by atoms with van der Waals surface area (Å²) < 4.78 is 85.4. The van der Waals surface area contributed by atoms with Gasteiger partial charge in [0, 0.05) is 86.2 Å². The summed E-state index contributed by atoms with van der Waals surface area (Å²) in [6.07, 6.45) is -1.05. The highest BCUT2D eigenvalue weighted by molar-refractivity contribution is 7.99. The Kier molecular flexibility index (Phi) is 29.7. The number of nitrogens with two attached hydrogens (primary N) is 2. The molecule has 0 aliphatic carbocycles. The molecule has 2 aromatic carbocycles. The molecule has 0 saturated carbocycles. The van der Waals surface area contributed by atoms with E-state index in [1.165, 1.54) is 0 Å². The topological polar surface area (TPSA) is 306 Å². The maximum absolute atomic E-state index is 15.3. The van der Waals surface area contributed by atoms with Crippen LogP contribution in [0.25, 0.3) is 11.1 Å². The van der Waals surface area contributed by atoms with E-state index in [0.29, 0.717) is 30.6 Å². The van der Waals surface area contributed by atoms with Crippen molar-refractivity contribution in [2.75, 3.05) is 84.0 Å². The number of ketones is 2. The number of nitrogens with one attached hydrogen (secondary N) is 1. The number of Topliss-reactive ketones (excluding diaryl/α,β-unsaturated/α-hetero) is 2. The smallest absolute Gasteiger partial charge is 0.481 e. The van der Waals surface area contributed by atoms with Gasteiger partial charge in [-0.25, -0.2) is 13.6 Å². The molecule has 4 rings (SSSR count). The quantitative estimate of drug-likeness (QED) is 0.0292. The minimum absolute atomic E-state index is 0.0312. The van der Waals surface area contributed by atoms with E-state index >= 15 is 4.39 Å². The molecule has 1 aromatic heterocycles. The Hall–Kier alpha value is -6.91. The van der Waals surface area contributed by atoms with E-state index in [9.17, 15) is 61.0 Å². The predicted octanol–water partition coefficient (Wildman–Crippen LogP) is 4.86. The Labute approximate surface area is 475 Å². The van der Waals surface area contributed by atoms with E-state index < -0.39 is 76.8 Å². The number of alkyl halides is 3. The van der Waals surface area contributed by atoms with Crippen LogP contribution in [-0.4, -0.2) is 174 Å². The number of thioether (sulfide) groups is 1. The predicted molar refractivity (Wildman–Crippen MR) is 288 cm³/mol. The highest BCUT2D eigenvalue weighted by Crippen LogP contribution is 2.42. The third kappa shape index (κ3) is 25.5. The monoisotopic (exact) mass is 1180 g/mol. The Morgan fingerprint density at radius 2 is 1.37 bits per heavy atom. The first kappa shape index (κ1) is 69.4. The van der Waals surface area contributed by atoms with Crippen LogP contribution in [0.15, 0.2) is 72.9 Å². The number of hydrogen-bond donors (Lipinski definition) is 5. The molecule has 1 aliphatic rings. The van der Waals surface area contributed by atoms with Crippen molar-refractivity contribution in [2.24, 2.45) is 22.8 Å². The van der Waals surface area contributed by atoms with Gasteiger partial charge >= 0.3 is 18.1 Å². The van der Waals surface area contributed by atoms with Crippen molar-refractivity contribution >= 4 is 64.8 Å². The van der Waals surface area contributed by atoms with Gasteiger partial charge in [0.05, 0.1) is 76.6 Å². The molecular weight excluding hydrogens is 1110 g/mol. The van der Waals surface area contributed by atoms with Crippen LogP contribution < -0.4 is 16.8 Å². The molecule has 7 N–H and O–H groups in total. The molecule has 2 heterocycles. The van der Waals surface area contributed by atoms with Crippen LogP contribution in [0.4, 0.5) is 22.0 Å². The number of primary amides is 1. The van der Waals surface area contributed by atoms with Crippen molar-refractivity contribution in [1.82, 2.24) is 19.7 Å². The third-order valence-electron chi connectivity index (χ3n) is 12.0. The van der Waals surface area contributed by atoms with Crippen LogP contribution in [0, 0.1) is 23.0 Å². The lowest BCUT2D eigenvalue weighted by Crippen LogP contribution is -2.43. The van der Waals surface area contributed by atoms with Gasteiger partial charge in [0.25, 0.3) is 11.8 Å². The minimum Gasteiger partial charge on any atom is -0.481 e. The maximum atomic E-state index is 15.3. The second kappa shape index (κ2) is 35.2. The van der Waals surface area contributed by atoms with Gasteiger partial charge in [-0.05, 0) is 48.1 Å². The average molecular weight is 1180 g/mol. The molecule has 0 bridgehead atoms. The second-order valence-corrected chi connectivity index (χ2v) is 20.7. The Morgan fingerprint density at radius 3 is 1.93 bits per heavy atom. The number of carboxylic acids is 2. The first-order valence-corrected chi connectivity index (χ1v) is 27.1. The normalized spacial score (nSPS) is 13.5. The van der Waals surface area contributed by atoms with Crippen molar-refractivity contribution in [3.05, 3.63) is 95.8 Å². The molecule has 3 aromatic rings. The number of halogens is 5.